The maximum Gasteiger partial charge on any atom is 0.193 e. The second kappa shape index (κ2) is 5.65. The van der Waals surface area contributed by atoms with Crippen LogP contribution in [0.3, 0.4) is 0 Å². The molecule has 1 aromatic carbocycles. The van der Waals surface area contributed by atoms with Crippen molar-refractivity contribution >= 4 is 40.8 Å². The van der Waals surface area contributed by atoms with E-state index >= 15 is 0 Å². The van der Waals surface area contributed by atoms with Crippen molar-refractivity contribution in [2.24, 2.45) is 0 Å². The molecule has 2 aromatic rings. The van der Waals surface area contributed by atoms with Crippen LogP contribution in [0, 0.1) is 0 Å². The minimum atomic E-state index is 0.301. The molecule has 2 N–H and O–H groups in total. The Morgan fingerprint density at radius 3 is 2.67 bits per heavy atom. The molecule has 0 aliphatic carbocycles. The molecular weight excluding hydrogens is 293 g/mol. The first kappa shape index (κ1) is 13.3. The zero-order valence-electron chi connectivity index (χ0n) is 9.35. The van der Waals surface area contributed by atoms with E-state index in [0.717, 1.165) is 4.90 Å². The summed E-state index contributed by atoms with van der Waals surface area (Å²) in [5, 5.41) is 1.63. The van der Waals surface area contributed by atoms with E-state index in [1.807, 2.05) is 6.07 Å². The van der Waals surface area contributed by atoms with E-state index in [-0.39, 0.29) is 0 Å². The van der Waals surface area contributed by atoms with E-state index in [2.05, 4.69) is 9.97 Å². The van der Waals surface area contributed by atoms with Gasteiger partial charge in [-0.3, -0.25) is 0 Å². The Morgan fingerprint density at radius 2 is 2.00 bits per heavy atom. The molecule has 0 radical (unpaired) electrons. The first-order valence-corrected chi connectivity index (χ1v) is 6.46. The van der Waals surface area contributed by atoms with Crippen LogP contribution in [-0.4, -0.2) is 17.1 Å². The van der Waals surface area contributed by atoms with E-state index in [1.165, 1.54) is 25.2 Å². The highest BCUT2D eigenvalue weighted by atomic mass is 35.5. The van der Waals surface area contributed by atoms with E-state index in [9.17, 15) is 0 Å². The van der Waals surface area contributed by atoms with Crippen LogP contribution in [0.15, 0.2) is 34.4 Å². The molecule has 0 unspecified atom stereocenters. The third-order valence-corrected chi connectivity index (χ3v) is 3.82. The van der Waals surface area contributed by atoms with Crippen molar-refractivity contribution in [2.45, 2.75) is 9.92 Å². The number of nitrogen functional groups attached to an aromatic ring is 1. The van der Waals surface area contributed by atoms with Crippen LogP contribution < -0.4 is 10.5 Å². The number of benzene rings is 1. The maximum absolute atomic E-state index is 5.95. The Bertz CT molecular complexity index is 580. The molecule has 0 saturated heterocycles. The zero-order valence-corrected chi connectivity index (χ0v) is 11.7. The fourth-order valence-electron chi connectivity index (χ4n) is 1.29. The van der Waals surface area contributed by atoms with Crippen LogP contribution in [-0.2, 0) is 0 Å². The minimum Gasteiger partial charge on any atom is -0.490 e. The van der Waals surface area contributed by atoms with Gasteiger partial charge in [0, 0.05) is 4.90 Å². The van der Waals surface area contributed by atoms with Gasteiger partial charge in [0.25, 0.3) is 0 Å². The van der Waals surface area contributed by atoms with Crippen LogP contribution in [0.25, 0.3) is 0 Å². The van der Waals surface area contributed by atoms with Gasteiger partial charge in [0.05, 0.1) is 17.2 Å². The van der Waals surface area contributed by atoms with E-state index in [4.69, 9.17) is 33.7 Å². The van der Waals surface area contributed by atoms with Gasteiger partial charge in [0.15, 0.2) is 11.6 Å². The average Bonchev–Trinajstić information content (AvgIpc) is 2.34. The van der Waals surface area contributed by atoms with E-state index in [0.29, 0.717) is 26.6 Å². The molecule has 0 spiro atoms. The van der Waals surface area contributed by atoms with Crippen molar-refractivity contribution < 1.29 is 4.74 Å². The minimum absolute atomic E-state index is 0.301. The van der Waals surface area contributed by atoms with Crippen LogP contribution >= 0.6 is 35.0 Å². The molecule has 0 bridgehead atoms. The third-order valence-electron chi connectivity index (χ3n) is 2.11. The van der Waals surface area contributed by atoms with Crippen molar-refractivity contribution in [3.05, 3.63) is 34.6 Å². The standard InChI is InChI=1S/C11H9Cl2N3OS/c1-17-9-10(14)15-5-16-11(9)18-6-2-3-7(12)8(13)4-6/h2-5H,1H3,(H2,14,15,16). The Balaban J connectivity index is 2.34. The number of aromatic nitrogens is 2. The number of nitrogens with two attached hydrogens (primary N) is 1. The molecule has 0 atom stereocenters. The molecule has 4 nitrogen and oxygen atoms in total. The molecule has 2 rings (SSSR count). The largest absolute Gasteiger partial charge is 0.490 e. The predicted octanol–water partition coefficient (Wildman–Crippen LogP) is 3.53. The molecule has 1 heterocycles. The van der Waals surface area contributed by atoms with Crippen molar-refractivity contribution in [1.82, 2.24) is 9.97 Å². The fourth-order valence-corrected chi connectivity index (χ4v) is 2.57. The van der Waals surface area contributed by atoms with Gasteiger partial charge >= 0.3 is 0 Å². The molecule has 94 valence electrons. The molecule has 7 heteroatoms. The lowest BCUT2D eigenvalue weighted by atomic mass is 10.4. The van der Waals surface area contributed by atoms with E-state index < -0.39 is 0 Å². The summed E-state index contributed by atoms with van der Waals surface area (Å²) in [7, 11) is 1.52. The molecule has 0 aliphatic heterocycles. The lowest BCUT2D eigenvalue weighted by molar-refractivity contribution is 0.401. The Hall–Kier alpha value is -1.17. The number of methoxy groups -OCH3 is 1. The summed E-state index contributed by atoms with van der Waals surface area (Å²) in [6.07, 6.45) is 1.39. The van der Waals surface area contributed by atoms with Crippen LogP contribution in [0.5, 0.6) is 5.75 Å². The molecule has 0 fully saturated rings. The monoisotopic (exact) mass is 301 g/mol. The molecular formula is C11H9Cl2N3OS. The van der Waals surface area contributed by atoms with Gasteiger partial charge in [-0.15, -0.1) is 0 Å². The van der Waals surface area contributed by atoms with Crippen LogP contribution in [0.2, 0.25) is 10.0 Å². The SMILES string of the molecule is COc1c(N)ncnc1Sc1ccc(Cl)c(Cl)c1. The highest BCUT2D eigenvalue weighted by molar-refractivity contribution is 7.99. The van der Waals surface area contributed by atoms with E-state index in [1.54, 1.807) is 12.1 Å². The van der Waals surface area contributed by atoms with Gasteiger partial charge in [-0.2, -0.15) is 0 Å². The molecule has 0 saturated carbocycles. The zero-order chi connectivity index (χ0) is 13.1. The first-order chi connectivity index (χ1) is 8.61. The van der Waals surface area contributed by atoms with Gasteiger partial charge in [-0.05, 0) is 18.2 Å². The highest BCUT2D eigenvalue weighted by Gasteiger charge is 2.11. The third kappa shape index (κ3) is 2.80. The molecule has 18 heavy (non-hydrogen) atoms. The highest BCUT2D eigenvalue weighted by Crippen LogP contribution is 2.37. The van der Waals surface area contributed by atoms with Crippen molar-refractivity contribution in [3.63, 3.8) is 0 Å². The van der Waals surface area contributed by atoms with Crippen LogP contribution in [0.1, 0.15) is 0 Å². The summed E-state index contributed by atoms with van der Waals surface area (Å²) < 4.78 is 5.17. The number of hydrogen-bond acceptors (Lipinski definition) is 5. The second-order valence-corrected chi connectivity index (χ2v) is 5.15. The summed E-state index contributed by atoms with van der Waals surface area (Å²) in [5.74, 6) is 0.753. The Morgan fingerprint density at radius 1 is 1.22 bits per heavy atom. The lowest BCUT2D eigenvalue weighted by Crippen LogP contribution is -1.98. The van der Waals surface area contributed by atoms with Crippen molar-refractivity contribution in [2.75, 3.05) is 12.8 Å². The van der Waals surface area contributed by atoms with Gasteiger partial charge < -0.3 is 10.5 Å². The fraction of sp³-hybridized carbons (Fsp3) is 0.0909. The maximum atomic E-state index is 5.95. The smallest absolute Gasteiger partial charge is 0.193 e. The molecule has 0 amide bonds. The topological polar surface area (TPSA) is 61.0 Å². The number of halogens is 2. The number of nitrogens with zero attached hydrogens (tertiary/aromatic N) is 2. The number of anilines is 1. The summed E-state index contributed by atoms with van der Waals surface area (Å²) in [4.78, 5) is 8.88. The van der Waals surface area contributed by atoms with Gasteiger partial charge in [0.1, 0.15) is 11.4 Å². The Kier molecular flexibility index (Phi) is 4.16. The Labute approximate surface area is 118 Å². The summed E-state index contributed by atoms with van der Waals surface area (Å²) >= 11 is 13.2. The first-order valence-electron chi connectivity index (χ1n) is 4.89. The molecule has 0 aliphatic rings. The number of hydrogen-bond donors (Lipinski definition) is 1. The quantitative estimate of drug-likeness (QED) is 0.879. The van der Waals surface area contributed by atoms with Crippen molar-refractivity contribution in [1.29, 1.82) is 0 Å². The summed E-state index contributed by atoms with van der Waals surface area (Å²) in [6.45, 7) is 0. The summed E-state index contributed by atoms with van der Waals surface area (Å²) in [5.41, 5.74) is 5.70. The molecule has 1 aromatic heterocycles. The average molecular weight is 302 g/mol. The number of rotatable bonds is 3. The number of ether oxygens (including phenoxy) is 1. The second-order valence-electron chi connectivity index (χ2n) is 3.28. The van der Waals surface area contributed by atoms with Gasteiger partial charge in [-0.25, -0.2) is 9.97 Å². The predicted molar refractivity (Wildman–Crippen MR) is 73.6 cm³/mol. The van der Waals surface area contributed by atoms with Crippen LogP contribution in [0.4, 0.5) is 5.82 Å². The van der Waals surface area contributed by atoms with Gasteiger partial charge in [-0.1, -0.05) is 35.0 Å². The summed E-state index contributed by atoms with van der Waals surface area (Å²) in [6, 6.07) is 5.33. The lowest BCUT2D eigenvalue weighted by Gasteiger charge is -2.08. The van der Waals surface area contributed by atoms with Crippen molar-refractivity contribution in [3.8, 4) is 5.75 Å². The normalized spacial score (nSPS) is 10.4. The van der Waals surface area contributed by atoms with Gasteiger partial charge in [0.2, 0.25) is 0 Å².